The van der Waals surface area contributed by atoms with Crippen LogP contribution >= 0.6 is 0 Å². The summed E-state index contributed by atoms with van der Waals surface area (Å²) in [6, 6.07) is 0. The number of hydrogen-bond donors (Lipinski definition) is 1. The minimum Gasteiger partial charge on any atom is -0.390 e. The van der Waals surface area contributed by atoms with Crippen molar-refractivity contribution in [2.75, 3.05) is 0 Å². The van der Waals surface area contributed by atoms with E-state index in [1.807, 2.05) is 0 Å². The van der Waals surface area contributed by atoms with Crippen LogP contribution in [0.1, 0.15) is 72.1 Å². The molecule has 1 N–H and O–H groups in total. The zero-order valence-corrected chi connectivity index (χ0v) is 10.8. The van der Waals surface area contributed by atoms with Gasteiger partial charge < -0.3 is 5.11 Å². The van der Waals surface area contributed by atoms with Crippen molar-refractivity contribution >= 4 is 0 Å². The Morgan fingerprint density at radius 2 is 1.80 bits per heavy atom. The minimum atomic E-state index is -0.305. The molecule has 1 rings (SSSR count). The maximum absolute atomic E-state index is 10.4. The second kappa shape index (κ2) is 5.89. The van der Waals surface area contributed by atoms with Gasteiger partial charge in [-0.2, -0.15) is 0 Å². The SMILES string of the molecule is CCCCCC1(O)CCC(C(C)C)CC1. The van der Waals surface area contributed by atoms with Crippen molar-refractivity contribution in [3.63, 3.8) is 0 Å². The summed E-state index contributed by atoms with van der Waals surface area (Å²) in [6.07, 6.45) is 9.32. The van der Waals surface area contributed by atoms with Crippen LogP contribution in [0.2, 0.25) is 0 Å². The molecule has 0 radical (unpaired) electrons. The fraction of sp³-hybridized carbons (Fsp3) is 1.00. The molecule has 1 aliphatic rings. The van der Waals surface area contributed by atoms with Gasteiger partial charge in [-0.05, 0) is 43.9 Å². The summed E-state index contributed by atoms with van der Waals surface area (Å²) in [5.41, 5.74) is -0.305. The van der Waals surface area contributed by atoms with Crippen molar-refractivity contribution in [1.29, 1.82) is 0 Å². The third-order valence-corrected chi connectivity index (χ3v) is 4.15. The predicted molar refractivity (Wildman–Crippen MR) is 65.9 cm³/mol. The van der Waals surface area contributed by atoms with E-state index in [2.05, 4.69) is 20.8 Å². The van der Waals surface area contributed by atoms with Crippen molar-refractivity contribution in [3.05, 3.63) is 0 Å². The molecule has 1 heteroatoms. The maximum Gasteiger partial charge on any atom is 0.0648 e. The lowest BCUT2D eigenvalue weighted by Crippen LogP contribution is -2.35. The largest absolute Gasteiger partial charge is 0.390 e. The van der Waals surface area contributed by atoms with Crippen molar-refractivity contribution in [2.45, 2.75) is 77.7 Å². The van der Waals surface area contributed by atoms with Crippen LogP contribution in [0.3, 0.4) is 0 Å². The van der Waals surface area contributed by atoms with E-state index < -0.39 is 0 Å². The predicted octanol–water partition coefficient (Wildman–Crippen LogP) is 4.14. The molecule has 0 aromatic heterocycles. The van der Waals surface area contributed by atoms with E-state index in [9.17, 15) is 5.11 Å². The van der Waals surface area contributed by atoms with E-state index in [0.29, 0.717) is 0 Å². The van der Waals surface area contributed by atoms with Crippen LogP contribution in [0.25, 0.3) is 0 Å². The molecule has 0 unspecified atom stereocenters. The molecule has 0 aromatic rings. The van der Waals surface area contributed by atoms with E-state index in [1.54, 1.807) is 0 Å². The van der Waals surface area contributed by atoms with Gasteiger partial charge in [-0.1, -0.05) is 40.0 Å². The van der Waals surface area contributed by atoms with Crippen LogP contribution < -0.4 is 0 Å². The van der Waals surface area contributed by atoms with Crippen molar-refractivity contribution < 1.29 is 5.11 Å². The van der Waals surface area contributed by atoms with Gasteiger partial charge in [-0.15, -0.1) is 0 Å². The summed E-state index contributed by atoms with van der Waals surface area (Å²) in [4.78, 5) is 0. The highest BCUT2D eigenvalue weighted by molar-refractivity contribution is 4.86. The lowest BCUT2D eigenvalue weighted by Gasteiger charge is -2.37. The number of rotatable bonds is 5. The molecule has 90 valence electrons. The average Bonchev–Trinajstić information content (AvgIpc) is 2.18. The highest BCUT2D eigenvalue weighted by Crippen LogP contribution is 2.38. The molecule has 0 aliphatic heterocycles. The summed E-state index contributed by atoms with van der Waals surface area (Å²) in [7, 11) is 0. The third-order valence-electron chi connectivity index (χ3n) is 4.15. The lowest BCUT2D eigenvalue weighted by molar-refractivity contribution is -0.0237. The van der Waals surface area contributed by atoms with Gasteiger partial charge in [0.25, 0.3) is 0 Å². The Morgan fingerprint density at radius 3 is 2.27 bits per heavy atom. The van der Waals surface area contributed by atoms with Crippen LogP contribution in [0, 0.1) is 11.8 Å². The van der Waals surface area contributed by atoms with Gasteiger partial charge in [0, 0.05) is 0 Å². The van der Waals surface area contributed by atoms with Crippen LogP contribution in [0.5, 0.6) is 0 Å². The summed E-state index contributed by atoms with van der Waals surface area (Å²) in [5.74, 6) is 1.65. The van der Waals surface area contributed by atoms with Gasteiger partial charge in [0.2, 0.25) is 0 Å². The molecule has 0 bridgehead atoms. The summed E-state index contributed by atoms with van der Waals surface area (Å²) in [6.45, 7) is 6.85. The third kappa shape index (κ3) is 4.14. The van der Waals surface area contributed by atoms with Gasteiger partial charge in [0.15, 0.2) is 0 Å². The smallest absolute Gasteiger partial charge is 0.0648 e. The average molecular weight is 212 g/mol. The number of hydrogen-bond acceptors (Lipinski definition) is 1. The number of aliphatic hydroxyl groups is 1. The fourth-order valence-electron chi connectivity index (χ4n) is 2.80. The number of unbranched alkanes of at least 4 members (excludes halogenated alkanes) is 2. The van der Waals surface area contributed by atoms with E-state index in [1.165, 1.54) is 32.1 Å². The normalized spacial score (nSPS) is 32.2. The molecule has 1 fully saturated rings. The highest BCUT2D eigenvalue weighted by atomic mass is 16.3. The zero-order chi connectivity index (χ0) is 11.3. The quantitative estimate of drug-likeness (QED) is 0.679. The summed E-state index contributed by atoms with van der Waals surface area (Å²) >= 11 is 0. The molecule has 0 heterocycles. The van der Waals surface area contributed by atoms with E-state index in [4.69, 9.17) is 0 Å². The molecular formula is C14H28O. The van der Waals surface area contributed by atoms with Crippen molar-refractivity contribution in [3.8, 4) is 0 Å². The molecule has 0 atom stereocenters. The summed E-state index contributed by atoms with van der Waals surface area (Å²) < 4.78 is 0. The zero-order valence-electron chi connectivity index (χ0n) is 10.8. The molecule has 0 aromatic carbocycles. The van der Waals surface area contributed by atoms with E-state index >= 15 is 0 Å². The molecule has 1 aliphatic carbocycles. The maximum atomic E-state index is 10.4. The van der Waals surface area contributed by atoms with Gasteiger partial charge in [-0.3, -0.25) is 0 Å². The molecule has 0 saturated heterocycles. The van der Waals surface area contributed by atoms with Gasteiger partial charge in [-0.25, -0.2) is 0 Å². The standard InChI is InChI=1S/C14H28O/c1-4-5-6-9-14(15)10-7-13(8-11-14)12(2)3/h12-13,15H,4-11H2,1-3H3. The van der Waals surface area contributed by atoms with Gasteiger partial charge >= 0.3 is 0 Å². The van der Waals surface area contributed by atoms with Crippen LogP contribution in [-0.4, -0.2) is 10.7 Å². The first kappa shape index (κ1) is 13.0. The van der Waals surface area contributed by atoms with Crippen molar-refractivity contribution in [2.24, 2.45) is 11.8 Å². The van der Waals surface area contributed by atoms with Crippen molar-refractivity contribution in [1.82, 2.24) is 0 Å². The first-order chi connectivity index (χ1) is 7.07. The first-order valence-corrected chi connectivity index (χ1v) is 6.80. The summed E-state index contributed by atoms with van der Waals surface area (Å²) in [5, 5.41) is 10.4. The second-order valence-electron chi connectivity index (χ2n) is 5.76. The lowest BCUT2D eigenvalue weighted by atomic mass is 9.73. The van der Waals surface area contributed by atoms with E-state index in [0.717, 1.165) is 31.1 Å². The Morgan fingerprint density at radius 1 is 1.20 bits per heavy atom. The molecular weight excluding hydrogens is 184 g/mol. The molecule has 1 nitrogen and oxygen atoms in total. The Bertz CT molecular complexity index is 166. The van der Waals surface area contributed by atoms with Crippen LogP contribution in [-0.2, 0) is 0 Å². The molecule has 0 amide bonds. The Hall–Kier alpha value is -0.0400. The Labute approximate surface area is 95.3 Å². The van der Waals surface area contributed by atoms with Gasteiger partial charge in [0.1, 0.15) is 0 Å². The second-order valence-corrected chi connectivity index (χ2v) is 5.76. The van der Waals surface area contributed by atoms with Crippen LogP contribution in [0.4, 0.5) is 0 Å². The van der Waals surface area contributed by atoms with Gasteiger partial charge in [0.05, 0.1) is 5.60 Å². The Balaban J connectivity index is 2.27. The monoisotopic (exact) mass is 212 g/mol. The van der Waals surface area contributed by atoms with Crippen LogP contribution in [0.15, 0.2) is 0 Å². The topological polar surface area (TPSA) is 20.2 Å². The Kier molecular flexibility index (Phi) is 5.11. The molecule has 0 spiro atoms. The fourth-order valence-corrected chi connectivity index (χ4v) is 2.80. The first-order valence-electron chi connectivity index (χ1n) is 6.80. The van der Waals surface area contributed by atoms with E-state index in [-0.39, 0.29) is 5.60 Å². The highest BCUT2D eigenvalue weighted by Gasteiger charge is 2.33. The minimum absolute atomic E-state index is 0.305. The molecule has 1 saturated carbocycles. The molecule has 15 heavy (non-hydrogen) atoms.